The monoisotopic (exact) mass is 151 g/mol. The summed E-state index contributed by atoms with van der Waals surface area (Å²) in [5.74, 6) is 0. The van der Waals surface area contributed by atoms with E-state index in [1.165, 1.54) is 0 Å². The van der Waals surface area contributed by atoms with Gasteiger partial charge in [-0.3, -0.25) is 4.90 Å². The second-order valence-electron chi connectivity index (χ2n) is 2.65. The van der Waals surface area contributed by atoms with E-state index in [0.29, 0.717) is 13.1 Å². The van der Waals surface area contributed by atoms with E-state index in [4.69, 9.17) is 5.11 Å². The predicted octanol–water partition coefficient (Wildman–Crippen LogP) is 0.667. The van der Waals surface area contributed by atoms with Crippen LogP contribution < -0.4 is 0 Å². The molecule has 0 saturated carbocycles. The molecule has 1 aliphatic rings. The maximum Gasteiger partial charge on any atom is 0.366 e. The Kier molecular flexibility index (Phi) is 2.21. The number of nitrogens with zero attached hydrogens (tertiary/aromatic N) is 1. The van der Waals surface area contributed by atoms with Crippen LogP contribution >= 0.6 is 0 Å². The average Bonchev–Trinajstić information content (AvgIpc) is 2.12. The van der Waals surface area contributed by atoms with Gasteiger partial charge in [-0.25, -0.2) is 0 Å². The van der Waals surface area contributed by atoms with E-state index < -0.39 is 12.7 Å². The van der Waals surface area contributed by atoms with Gasteiger partial charge in [0, 0.05) is 0 Å². The summed E-state index contributed by atoms with van der Waals surface area (Å²) in [6.45, 7) is 0.874. The zero-order valence-electron chi connectivity index (χ0n) is 5.69. The summed E-state index contributed by atoms with van der Waals surface area (Å²) in [7, 11) is 0. The van der Waals surface area contributed by atoms with Gasteiger partial charge >= 0.3 is 6.11 Å². The lowest BCUT2D eigenvalue weighted by molar-refractivity contribution is -0.208. The highest BCUT2D eigenvalue weighted by Crippen LogP contribution is 2.14. The number of halogens is 2. The molecule has 1 aliphatic heterocycles. The Morgan fingerprint density at radius 1 is 1.30 bits per heavy atom. The van der Waals surface area contributed by atoms with Crippen LogP contribution in [0.5, 0.6) is 0 Å². The summed E-state index contributed by atoms with van der Waals surface area (Å²) >= 11 is 0. The molecule has 0 aromatic rings. The van der Waals surface area contributed by atoms with Gasteiger partial charge in [-0.2, -0.15) is 8.78 Å². The molecule has 0 unspecified atom stereocenters. The van der Waals surface area contributed by atoms with Gasteiger partial charge in [0.25, 0.3) is 0 Å². The number of aliphatic hydroxyl groups is 1. The highest BCUT2D eigenvalue weighted by molar-refractivity contribution is 4.68. The first-order valence-corrected chi connectivity index (χ1v) is 3.40. The van der Waals surface area contributed by atoms with Gasteiger partial charge in [0.2, 0.25) is 0 Å². The summed E-state index contributed by atoms with van der Waals surface area (Å²) in [6.07, 6.45) is -1.57. The van der Waals surface area contributed by atoms with Crippen LogP contribution in [0, 0.1) is 0 Å². The molecule has 0 aliphatic carbocycles. The highest BCUT2D eigenvalue weighted by atomic mass is 19.3. The van der Waals surface area contributed by atoms with Gasteiger partial charge in [-0.05, 0) is 25.9 Å². The lowest BCUT2D eigenvalue weighted by Crippen LogP contribution is -2.34. The highest BCUT2D eigenvalue weighted by Gasteiger charge is 2.28. The first kappa shape index (κ1) is 7.88. The number of hydrogen-bond donors (Lipinski definition) is 1. The average molecular weight is 151 g/mol. The molecule has 4 heteroatoms. The Morgan fingerprint density at radius 2 is 1.80 bits per heavy atom. The summed E-state index contributed by atoms with van der Waals surface area (Å²) in [6, 6.07) is 0. The standard InChI is InChI=1S/C6H11F2NO/c7-6(8,10)5-9-3-1-2-4-9/h10H,1-5H2. The third-order valence-corrected chi connectivity index (χ3v) is 1.61. The summed E-state index contributed by atoms with van der Waals surface area (Å²) in [5, 5.41) is 8.10. The lowest BCUT2D eigenvalue weighted by Gasteiger charge is -2.17. The first-order chi connectivity index (χ1) is 4.58. The van der Waals surface area contributed by atoms with E-state index in [1.807, 2.05) is 0 Å². The third kappa shape index (κ3) is 2.58. The second-order valence-corrected chi connectivity index (χ2v) is 2.65. The number of β-amino-alcohol motifs (C(OH)–C–C–N with tert-alkyl or cyclic N) is 1. The molecule has 1 fully saturated rings. The number of rotatable bonds is 2. The van der Waals surface area contributed by atoms with Gasteiger partial charge in [-0.1, -0.05) is 0 Å². The van der Waals surface area contributed by atoms with Gasteiger partial charge in [0.1, 0.15) is 0 Å². The molecule has 0 radical (unpaired) electrons. The van der Waals surface area contributed by atoms with Crippen LogP contribution in [0.1, 0.15) is 12.8 Å². The molecule has 0 bridgehead atoms. The number of alkyl halides is 2. The molecular formula is C6H11F2NO. The summed E-state index contributed by atoms with van der Waals surface area (Å²) < 4.78 is 23.8. The largest absolute Gasteiger partial charge is 0.366 e. The van der Waals surface area contributed by atoms with Crippen molar-refractivity contribution in [3.63, 3.8) is 0 Å². The topological polar surface area (TPSA) is 23.5 Å². The van der Waals surface area contributed by atoms with Gasteiger partial charge in [-0.15, -0.1) is 0 Å². The van der Waals surface area contributed by atoms with E-state index in [2.05, 4.69) is 0 Å². The van der Waals surface area contributed by atoms with Crippen LogP contribution in [0.2, 0.25) is 0 Å². The molecule has 1 rings (SSSR count). The van der Waals surface area contributed by atoms with Crippen molar-refractivity contribution in [2.24, 2.45) is 0 Å². The normalized spacial score (nSPS) is 21.9. The molecule has 1 heterocycles. The van der Waals surface area contributed by atoms with Crippen molar-refractivity contribution in [3.05, 3.63) is 0 Å². The second kappa shape index (κ2) is 2.80. The number of likely N-dealkylation sites (tertiary alicyclic amines) is 1. The summed E-state index contributed by atoms with van der Waals surface area (Å²) in [4.78, 5) is 1.57. The molecule has 1 N–H and O–H groups in total. The third-order valence-electron chi connectivity index (χ3n) is 1.61. The van der Waals surface area contributed by atoms with Crippen molar-refractivity contribution in [2.45, 2.75) is 19.0 Å². The molecule has 60 valence electrons. The van der Waals surface area contributed by atoms with Crippen molar-refractivity contribution >= 4 is 0 Å². The molecule has 0 amide bonds. The van der Waals surface area contributed by atoms with Crippen LogP contribution in [0.25, 0.3) is 0 Å². The van der Waals surface area contributed by atoms with Gasteiger partial charge in [0.05, 0.1) is 6.54 Å². The van der Waals surface area contributed by atoms with Crippen molar-refractivity contribution in [3.8, 4) is 0 Å². The maximum absolute atomic E-state index is 11.9. The molecule has 2 nitrogen and oxygen atoms in total. The fourth-order valence-corrected chi connectivity index (χ4v) is 1.21. The van der Waals surface area contributed by atoms with E-state index in [0.717, 1.165) is 12.8 Å². The van der Waals surface area contributed by atoms with E-state index in [-0.39, 0.29) is 0 Å². The zero-order valence-corrected chi connectivity index (χ0v) is 5.69. The quantitative estimate of drug-likeness (QED) is 0.627. The molecule has 10 heavy (non-hydrogen) atoms. The van der Waals surface area contributed by atoms with Crippen LogP contribution in [-0.4, -0.2) is 35.7 Å². The molecule has 1 saturated heterocycles. The van der Waals surface area contributed by atoms with E-state index >= 15 is 0 Å². The van der Waals surface area contributed by atoms with Crippen molar-refractivity contribution in [1.82, 2.24) is 4.90 Å². The van der Waals surface area contributed by atoms with E-state index in [9.17, 15) is 8.78 Å². The van der Waals surface area contributed by atoms with E-state index in [1.54, 1.807) is 4.90 Å². The van der Waals surface area contributed by atoms with Gasteiger partial charge in [0.15, 0.2) is 0 Å². The molecular weight excluding hydrogens is 140 g/mol. The molecule has 0 aromatic heterocycles. The van der Waals surface area contributed by atoms with Crippen molar-refractivity contribution in [2.75, 3.05) is 19.6 Å². The molecule has 0 spiro atoms. The van der Waals surface area contributed by atoms with Crippen LogP contribution in [-0.2, 0) is 0 Å². The SMILES string of the molecule is OC(F)(F)CN1CCCC1. The van der Waals surface area contributed by atoms with Gasteiger partial charge < -0.3 is 5.11 Å². The molecule has 0 atom stereocenters. The van der Waals surface area contributed by atoms with Crippen LogP contribution in [0.4, 0.5) is 8.78 Å². The lowest BCUT2D eigenvalue weighted by atomic mass is 10.4. The first-order valence-electron chi connectivity index (χ1n) is 3.40. The predicted molar refractivity (Wildman–Crippen MR) is 32.8 cm³/mol. The fourth-order valence-electron chi connectivity index (χ4n) is 1.21. The molecule has 0 aromatic carbocycles. The minimum Gasteiger partial charge on any atom is -0.335 e. The Morgan fingerprint density at radius 3 is 2.20 bits per heavy atom. The summed E-state index contributed by atoms with van der Waals surface area (Å²) in [5.41, 5.74) is 0. The Bertz CT molecular complexity index is 107. The number of hydrogen-bond acceptors (Lipinski definition) is 2. The fraction of sp³-hybridized carbons (Fsp3) is 1.00. The zero-order chi connectivity index (χ0) is 7.61. The van der Waals surface area contributed by atoms with Crippen LogP contribution in [0.3, 0.4) is 0 Å². The van der Waals surface area contributed by atoms with Crippen LogP contribution in [0.15, 0.2) is 0 Å². The minimum absolute atomic E-state index is 0.507. The Hall–Kier alpha value is -0.220. The van der Waals surface area contributed by atoms with Crippen molar-refractivity contribution < 1.29 is 13.9 Å². The minimum atomic E-state index is -3.51. The maximum atomic E-state index is 11.9. The van der Waals surface area contributed by atoms with Crippen molar-refractivity contribution in [1.29, 1.82) is 0 Å². The Labute approximate surface area is 58.4 Å². The Balaban J connectivity index is 2.24. The smallest absolute Gasteiger partial charge is 0.335 e.